The Balaban J connectivity index is 1.82. The molecule has 0 aliphatic carbocycles. The first-order chi connectivity index (χ1) is 12.9. The van der Waals surface area contributed by atoms with E-state index < -0.39 is 33.8 Å². The lowest BCUT2D eigenvalue weighted by molar-refractivity contribution is -0.137. The van der Waals surface area contributed by atoms with Crippen LogP contribution in [0.3, 0.4) is 0 Å². The number of halogens is 4. The fourth-order valence-corrected chi connectivity index (χ4v) is 3.71. The SMILES string of the molecule is CS(=O)(=O)N1CC(C(=O)Nc2ccc(C(F)(F)F)cc2)Oc2ccc(Cl)cc21. The molecule has 2 aromatic carbocycles. The van der Waals surface area contributed by atoms with Gasteiger partial charge in [-0.2, -0.15) is 13.2 Å². The molecule has 0 spiro atoms. The number of anilines is 2. The maximum Gasteiger partial charge on any atom is 0.416 e. The Kier molecular flexibility index (Phi) is 5.20. The van der Waals surface area contributed by atoms with Crippen LogP contribution in [-0.4, -0.2) is 33.2 Å². The van der Waals surface area contributed by atoms with Gasteiger partial charge < -0.3 is 10.1 Å². The summed E-state index contributed by atoms with van der Waals surface area (Å²) in [7, 11) is -3.73. The van der Waals surface area contributed by atoms with Crippen molar-refractivity contribution in [2.24, 2.45) is 0 Å². The van der Waals surface area contributed by atoms with Crippen molar-refractivity contribution >= 4 is 38.9 Å². The molecule has 0 fully saturated rings. The van der Waals surface area contributed by atoms with Gasteiger partial charge in [0, 0.05) is 10.7 Å². The normalized spacial score (nSPS) is 16.9. The van der Waals surface area contributed by atoms with Crippen LogP contribution in [0, 0.1) is 0 Å². The molecule has 0 bridgehead atoms. The van der Waals surface area contributed by atoms with E-state index in [2.05, 4.69) is 5.32 Å². The number of amides is 1. The van der Waals surface area contributed by atoms with Gasteiger partial charge in [-0.25, -0.2) is 8.42 Å². The number of nitrogens with zero attached hydrogens (tertiary/aromatic N) is 1. The first-order valence-electron chi connectivity index (χ1n) is 7.87. The molecule has 0 radical (unpaired) electrons. The molecule has 1 amide bonds. The molecule has 1 N–H and O–H groups in total. The van der Waals surface area contributed by atoms with Gasteiger partial charge in [0.2, 0.25) is 10.0 Å². The van der Waals surface area contributed by atoms with Gasteiger partial charge in [0.1, 0.15) is 5.75 Å². The van der Waals surface area contributed by atoms with E-state index >= 15 is 0 Å². The molecule has 1 unspecified atom stereocenters. The van der Waals surface area contributed by atoms with E-state index in [1.807, 2.05) is 0 Å². The predicted molar refractivity (Wildman–Crippen MR) is 98.1 cm³/mol. The number of sulfonamides is 1. The number of nitrogens with one attached hydrogen (secondary N) is 1. The Morgan fingerprint density at radius 3 is 2.43 bits per heavy atom. The van der Waals surface area contributed by atoms with Crippen molar-refractivity contribution in [3.63, 3.8) is 0 Å². The topological polar surface area (TPSA) is 75.7 Å². The van der Waals surface area contributed by atoms with E-state index in [1.165, 1.54) is 18.2 Å². The summed E-state index contributed by atoms with van der Waals surface area (Å²) in [6.45, 7) is -0.307. The quantitative estimate of drug-likeness (QED) is 0.802. The van der Waals surface area contributed by atoms with E-state index in [4.69, 9.17) is 16.3 Å². The molecule has 1 aliphatic heterocycles. The second-order valence-corrected chi connectivity index (χ2v) is 8.42. The van der Waals surface area contributed by atoms with Crippen molar-refractivity contribution in [2.45, 2.75) is 12.3 Å². The highest BCUT2D eigenvalue weighted by molar-refractivity contribution is 7.92. The monoisotopic (exact) mass is 434 g/mol. The molecular formula is C17H14ClF3N2O4S. The second-order valence-electron chi connectivity index (χ2n) is 6.08. The lowest BCUT2D eigenvalue weighted by Gasteiger charge is -2.34. The van der Waals surface area contributed by atoms with Gasteiger partial charge in [-0.05, 0) is 42.5 Å². The van der Waals surface area contributed by atoms with Crippen LogP contribution in [0.15, 0.2) is 42.5 Å². The van der Waals surface area contributed by atoms with Crippen molar-refractivity contribution in [1.82, 2.24) is 0 Å². The maximum atomic E-state index is 12.6. The molecule has 11 heteroatoms. The first-order valence-corrected chi connectivity index (χ1v) is 10.1. The summed E-state index contributed by atoms with van der Waals surface area (Å²) in [6, 6.07) is 8.19. The number of hydrogen-bond acceptors (Lipinski definition) is 4. The standard InChI is InChI=1S/C17H14ClF3N2O4S/c1-28(25,26)23-9-15(27-14-7-4-11(18)8-13(14)23)16(24)22-12-5-2-10(3-6-12)17(19,20)21/h2-8,15H,9H2,1H3,(H,22,24). The Labute approximate surface area is 163 Å². The molecule has 3 rings (SSSR count). The first kappa shape index (κ1) is 20.3. The van der Waals surface area contributed by atoms with Gasteiger partial charge in [-0.15, -0.1) is 0 Å². The molecule has 1 aliphatic rings. The predicted octanol–water partition coefficient (Wildman–Crippen LogP) is 3.52. The largest absolute Gasteiger partial charge is 0.476 e. The molecule has 0 saturated heterocycles. The van der Waals surface area contributed by atoms with Crippen molar-refractivity contribution < 1.29 is 31.1 Å². The summed E-state index contributed by atoms with van der Waals surface area (Å²) in [5.41, 5.74) is -0.531. The van der Waals surface area contributed by atoms with E-state index in [-0.39, 0.29) is 23.7 Å². The lowest BCUT2D eigenvalue weighted by atomic mass is 10.2. The Morgan fingerprint density at radius 2 is 1.86 bits per heavy atom. The molecule has 2 aromatic rings. The Bertz CT molecular complexity index is 1010. The summed E-state index contributed by atoms with van der Waals surface area (Å²) in [5, 5.41) is 2.72. The summed E-state index contributed by atoms with van der Waals surface area (Å²) >= 11 is 5.91. The number of benzene rings is 2. The van der Waals surface area contributed by atoms with Gasteiger partial charge in [0.25, 0.3) is 5.91 Å². The van der Waals surface area contributed by atoms with Crippen LogP contribution < -0.4 is 14.4 Å². The molecule has 0 saturated carbocycles. The summed E-state index contributed by atoms with van der Waals surface area (Å²) in [6.07, 6.45) is -4.71. The van der Waals surface area contributed by atoms with E-state index in [0.717, 1.165) is 34.8 Å². The van der Waals surface area contributed by atoms with E-state index in [9.17, 15) is 26.4 Å². The van der Waals surface area contributed by atoms with E-state index in [0.29, 0.717) is 5.02 Å². The lowest BCUT2D eigenvalue weighted by Crippen LogP contribution is -2.48. The van der Waals surface area contributed by atoms with Crippen LogP contribution >= 0.6 is 11.6 Å². The van der Waals surface area contributed by atoms with Crippen LogP contribution in [0.4, 0.5) is 24.5 Å². The van der Waals surface area contributed by atoms with Crippen LogP contribution in [-0.2, 0) is 21.0 Å². The minimum atomic E-state index is -4.49. The smallest absolute Gasteiger partial charge is 0.416 e. The third kappa shape index (κ3) is 4.33. The zero-order valence-electron chi connectivity index (χ0n) is 14.3. The summed E-state index contributed by atoms with van der Waals surface area (Å²) in [4.78, 5) is 12.5. The zero-order chi connectivity index (χ0) is 20.7. The maximum absolute atomic E-state index is 12.6. The number of alkyl halides is 3. The minimum Gasteiger partial charge on any atom is -0.476 e. The average molecular weight is 435 g/mol. The van der Waals surface area contributed by atoms with E-state index in [1.54, 1.807) is 0 Å². The summed E-state index contributed by atoms with van der Waals surface area (Å²) < 4.78 is 68.6. The van der Waals surface area contributed by atoms with Gasteiger partial charge in [0.05, 0.1) is 24.1 Å². The third-order valence-electron chi connectivity index (χ3n) is 3.96. The number of ether oxygens (including phenoxy) is 1. The van der Waals surface area contributed by atoms with Gasteiger partial charge >= 0.3 is 6.18 Å². The summed E-state index contributed by atoms with van der Waals surface area (Å²) in [5.74, 6) is -0.553. The van der Waals surface area contributed by atoms with Crippen LogP contribution in [0.25, 0.3) is 0 Å². The molecule has 6 nitrogen and oxygen atoms in total. The van der Waals surface area contributed by atoms with Crippen LogP contribution in [0.2, 0.25) is 5.02 Å². The molecule has 0 aromatic heterocycles. The number of fused-ring (bicyclic) bond motifs is 1. The van der Waals surface area contributed by atoms with Gasteiger partial charge in [0.15, 0.2) is 6.10 Å². The van der Waals surface area contributed by atoms with Gasteiger partial charge in [-0.1, -0.05) is 11.6 Å². The number of rotatable bonds is 3. The number of carbonyl (C=O) groups is 1. The van der Waals surface area contributed by atoms with Crippen molar-refractivity contribution in [1.29, 1.82) is 0 Å². The second kappa shape index (κ2) is 7.17. The number of carbonyl (C=O) groups excluding carboxylic acids is 1. The highest BCUT2D eigenvalue weighted by Crippen LogP contribution is 2.37. The molecule has 1 atom stereocenters. The average Bonchev–Trinajstić information content (AvgIpc) is 2.59. The van der Waals surface area contributed by atoms with Crippen molar-refractivity contribution in [2.75, 3.05) is 22.4 Å². The molecule has 1 heterocycles. The fourth-order valence-electron chi connectivity index (χ4n) is 2.64. The molecule has 150 valence electrons. The fraction of sp³-hybridized carbons (Fsp3) is 0.235. The molecule has 28 heavy (non-hydrogen) atoms. The highest BCUT2D eigenvalue weighted by Gasteiger charge is 2.35. The zero-order valence-corrected chi connectivity index (χ0v) is 15.9. The highest BCUT2D eigenvalue weighted by atomic mass is 35.5. The molecular weight excluding hydrogens is 421 g/mol. The van der Waals surface area contributed by atoms with Crippen LogP contribution in [0.1, 0.15) is 5.56 Å². The Hall–Kier alpha value is -2.46. The van der Waals surface area contributed by atoms with Crippen LogP contribution in [0.5, 0.6) is 5.75 Å². The number of hydrogen-bond donors (Lipinski definition) is 1. The third-order valence-corrected chi connectivity index (χ3v) is 5.34. The van der Waals surface area contributed by atoms with Crippen molar-refractivity contribution in [3.8, 4) is 5.75 Å². The minimum absolute atomic E-state index is 0.120. The van der Waals surface area contributed by atoms with Crippen molar-refractivity contribution in [3.05, 3.63) is 53.1 Å². The Morgan fingerprint density at radius 1 is 1.21 bits per heavy atom. The van der Waals surface area contributed by atoms with Gasteiger partial charge in [-0.3, -0.25) is 9.10 Å².